The van der Waals surface area contributed by atoms with Crippen LogP contribution in [0.1, 0.15) is 28.8 Å². The highest BCUT2D eigenvalue weighted by Gasteiger charge is 2.14. The maximum absolute atomic E-state index is 11.5. The van der Waals surface area contributed by atoms with Gasteiger partial charge in [-0.1, -0.05) is 0 Å². The molecule has 1 aromatic rings. The van der Waals surface area contributed by atoms with Crippen LogP contribution in [0.3, 0.4) is 0 Å². The lowest BCUT2D eigenvalue weighted by atomic mass is 10.3. The molecule has 0 unspecified atom stereocenters. The summed E-state index contributed by atoms with van der Waals surface area (Å²) in [5.41, 5.74) is 6.96. The number of aryl methyl sites for hydroxylation is 2. The van der Waals surface area contributed by atoms with Crippen LogP contribution in [0.2, 0.25) is 0 Å². The molecule has 6 nitrogen and oxygen atoms in total. The van der Waals surface area contributed by atoms with Crippen LogP contribution in [0.5, 0.6) is 0 Å². The highest BCUT2D eigenvalue weighted by Crippen LogP contribution is 2.09. The summed E-state index contributed by atoms with van der Waals surface area (Å²) in [5.74, 6) is -0.383. The first kappa shape index (κ1) is 11.1. The largest absolute Gasteiger partial charge is 0.382 e. The van der Waals surface area contributed by atoms with Gasteiger partial charge in [0.25, 0.3) is 5.91 Å². The fraction of sp³-hybridized carbons (Fsp3) is 0.333. The number of amidine groups is 1. The van der Waals surface area contributed by atoms with Gasteiger partial charge in [-0.15, -0.1) is 0 Å². The molecule has 0 saturated carbocycles. The SMILES string of the molecule is CC(=N)NC(=O)c1nc(C)c(C)nc1N. The molecule has 0 aliphatic rings. The number of nitrogens with zero attached hydrogens (tertiary/aromatic N) is 2. The van der Waals surface area contributed by atoms with Crippen molar-refractivity contribution < 1.29 is 4.79 Å². The van der Waals surface area contributed by atoms with E-state index in [0.29, 0.717) is 11.4 Å². The van der Waals surface area contributed by atoms with E-state index < -0.39 is 5.91 Å². The molecule has 15 heavy (non-hydrogen) atoms. The van der Waals surface area contributed by atoms with E-state index in [2.05, 4.69) is 15.3 Å². The minimum Gasteiger partial charge on any atom is -0.382 e. The summed E-state index contributed by atoms with van der Waals surface area (Å²) in [6, 6.07) is 0. The monoisotopic (exact) mass is 207 g/mol. The Morgan fingerprint density at radius 3 is 2.40 bits per heavy atom. The van der Waals surface area contributed by atoms with Crippen LogP contribution in [0, 0.1) is 19.3 Å². The van der Waals surface area contributed by atoms with E-state index in [4.69, 9.17) is 11.1 Å². The van der Waals surface area contributed by atoms with Crippen LogP contribution in [-0.2, 0) is 0 Å². The number of carbonyl (C=O) groups excluding carboxylic acids is 1. The Kier molecular flexibility index (Phi) is 2.99. The first-order chi connectivity index (χ1) is 6.91. The van der Waals surface area contributed by atoms with Crippen LogP contribution in [0.15, 0.2) is 0 Å². The van der Waals surface area contributed by atoms with E-state index in [1.165, 1.54) is 6.92 Å². The molecule has 6 heteroatoms. The molecule has 0 atom stereocenters. The predicted molar refractivity (Wildman–Crippen MR) is 56.8 cm³/mol. The highest BCUT2D eigenvalue weighted by molar-refractivity contribution is 6.05. The molecule has 0 spiro atoms. The Morgan fingerprint density at radius 2 is 1.87 bits per heavy atom. The maximum Gasteiger partial charge on any atom is 0.278 e. The molecule has 1 rings (SSSR count). The lowest BCUT2D eigenvalue weighted by molar-refractivity contribution is 0.0972. The molecule has 0 aliphatic carbocycles. The van der Waals surface area contributed by atoms with E-state index in [-0.39, 0.29) is 17.3 Å². The number of nitrogens with one attached hydrogen (secondary N) is 2. The number of nitrogen functional groups attached to an aromatic ring is 1. The number of nitrogens with two attached hydrogens (primary N) is 1. The summed E-state index contributed by atoms with van der Waals surface area (Å²) in [6.45, 7) is 4.97. The number of anilines is 1. The second kappa shape index (κ2) is 4.04. The zero-order valence-corrected chi connectivity index (χ0v) is 8.88. The van der Waals surface area contributed by atoms with Crippen LogP contribution in [0.25, 0.3) is 0 Å². The summed E-state index contributed by atoms with van der Waals surface area (Å²) >= 11 is 0. The Hall–Kier alpha value is -1.98. The Balaban J connectivity index is 3.09. The predicted octanol–water partition coefficient (Wildman–Crippen LogP) is 0.403. The number of hydrogen-bond donors (Lipinski definition) is 3. The van der Waals surface area contributed by atoms with Gasteiger partial charge in [0.15, 0.2) is 11.5 Å². The Labute approximate surface area is 87.4 Å². The van der Waals surface area contributed by atoms with Crippen molar-refractivity contribution in [1.82, 2.24) is 15.3 Å². The van der Waals surface area contributed by atoms with Crippen LogP contribution in [-0.4, -0.2) is 21.7 Å². The normalized spacial score (nSPS) is 9.80. The average Bonchev–Trinajstić information content (AvgIpc) is 2.09. The van der Waals surface area contributed by atoms with Crippen LogP contribution in [0.4, 0.5) is 5.82 Å². The molecule has 0 bridgehead atoms. The van der Waals surface area contributed by atoms with Crippen molar-refractivity contribution in [2.45, 2.75) is 20.8 Å². The van der Waals surface area contributed by atoms with Gasteiger partial charge >= 0.3 is 0 Å². The number of hydrogen-bond acceptors (Lipinski definition) is 5. The van der Waals surface area contributed by atoms with Crippen molar-refractivity contribution in [3.05, 3.63) is 17.1 Å². The fourth-order valence-electron chi connectivity index (χ4n) is 1.02. The topological polar surface area (TPSA) is 105 Å². The van der Waals surface area contributed by atoms with Gasteiger partial charge in [0.1, 0.15) is 0 Å². The lowest BCUT2D eigenvalue weighted by Gasteiger charge is -2.07. The number of carbonyl (C=O) groups is 1. The van der Waals surface area contributed by atoms with Gasteiger partial charge in [-0.3, -0.25) is 10.2 Å². The molecule has 0 saturated heterocycles. The zero-order chi connectivity index (χ0) is 11.6. The molecule has 0 aromatic carbocycles. The van der Waals surface area contributed by atoms with Crippen molar-refractivity contribution in [3.63, 3.8) is 0 Å². The Bertz CT molecular complexity index is 427. The van der Waals surface area contributed by atoms with Crippen LogP contribution < -0.4 is 11.1 Å². The quantitative estimate of drug-likeness (QED) is 0.458. The fourth-order valence-corrected chi connectivity index (χ4v) is 1.02. The molecule has 80 valence electrons. The minimum atomic E-state index is -0.504. The number of amides is 1. The molecule has 1 aromatic heterocycles. The first-order valence-electron chi connectivity index (χ1n) is 4.39. The second-order valence-corrected chi connectivity index (χ2v) is 3.21. The molecular formula is C9H13N5O. The molecule has 0 radical (unpaired) electrons. The standard InChI is InChI=1S/C9H13N5O/c1-4-5(2)13-8(11)7(12-4)9(15)14-6(3)10/h1-3H3,(H2,11,13)(H2,10,14,15). The molecule has 1 heterocycles. The third-order valence-corrected chi connectivity index (χ3v) is 1.85. The van der Waals surface area contributed by atoms with Gasteiger partial charge < -0.3 is 11.1 Å². The summed E-state index contributed by atoms with van der Waals surface area (Å²) < 4.78 is 0. The number of rotatable bonds is 1. The van der Waals surface area contributed by atoms with Crippen LogP contribution >= 0.6 is 0 Å². The summed E-state index contributed by atoms with van der Waals surface area (Å²) in [4.78, 5) is 19.5. The molecule has 0 fully saturated rings. The first-order valence-corrected chi connectivity index (χ1v) is 4.39. The molecular weight excluding hydrogens is 194 g/mol. The van der Waals surface area contributed by atoms with Gasteiger partial charge in [0.05, 0.1) is 17.2 Å². The van der Waals surface area contributed by atoms with Crippen molar-refractivity contribution in [3.8, 4) is 0 Å². The van der Waals surface area contributed by atoms with E-state index in [1.54, 1.807) is 13.8 Å². The van der Waals surface area contributed by atoms with Crippen molar-refractivity contribution in [2.24, 2.45) is 0 Å². The smallest absolute Gasteiger partial charge is 0.278 e. The van der Waals surface area contributed by atoms with Crippen molar-refractivity contribution in [2.75, 3.05) is 5.73 Å². The molecule has 4 N–H and O–H groups in total. The average molecular weight is 207 g/mol. The summed E-state index contributed by atoms with van der Waals surface area (Å²) in [5, 5.41) is 9.43. The van der Waals surface area contributed by atoms with E-state index >= 15 is 0 Å². The zero-order valence-electron chi connectivity index (χ0n) is 8.88. The molecule has 1 amide bonds. The van der Waals surface area contributed by atoms with Gasteiger partial charge in [-0.05, 0) is 20.8 Å². The third-order valence-electron chi connectivity index (χ3n) is 1.85. The Morgan fingerprint density at radius 1 is 1.33 bits per heavy atom. The van der Waals surface area contributed by atoms with Gasteiger partial charge in [0.2, 0.25) is 0 Å². The van der Waals surface area contributed by atoms with Gasteiger partial charge in [0, 0.05) is 0 Å². The lowest BCUT2D eigenvalue weighted by Crippen LogP contribution is -2.29. The second-order valence-electron chi connectivity index (χ2n) is 3.21. The van der Waals surface area contributed by atoms with E-state index in [1.807, 2.05) is 0 Å². The van der Waals surface area contributed by atoms with Gasteiger partial charge in [-0.25, -0.2) is 9.97 Å². The maximum atomic E-state index is 11.5. The van der Waals surface area contributed by atoms with Crippen molar-refractivity contribution >= 4 is 17.6 Å². The van der Waals surface area contributed by atoms with E-state index in [9.17, 15) is 4.79 Å². The number of aromatic nitrogens is 2. The highest BCUT2D eigenvalue weighted by atomic mass is 16.2. The van der Waals surface area contributed by atoms with E-state index in [0.717, 1.165) is 0 Å². The third kappa shape index (κ3) is 2.49. The molecule has 0 aliphatic heterocycles. The van der Waals surface area contributed by atoms with Crippen molar-refractivity contribution in [1.29, 1.82) is 5.41 Å². The summed E-state index contributed by atoms with van der Waals surface area (Å²) in [6.07, 6.45) is 0. The summed E-state index contributed by atoms with van der Waals surface area (Å²) in [7, 11) is 0. The van der Waals surface area contributed by atoms with Gasteiger partial charge in [-0.2, -0.15) is 0 Å². The minimum absolute atomic E-state index is 0.0411.